The number of benzene rings is 2. The van der Waals surface area contributed by atoms with Crippen LogP contribution in [0, 0.1) is 0 Å². The maximum Gasteiger partial charge on any atom is 0.0500 e. The molecule has 3 N–H and O–H groups in total. The number of aryl methyl sites for hydroxylation is 1. The summed E-state index contributed by atoms with van der Waals surface area (Å²) in [5, 5.41) is 0.759. The third-order valence-electron chi connectivity index (χ3n) is 3.48. The van der Waals surface area contributed by atoms with E-state index < -0.39 is 0 Å². The standard InChI is InChI=1S/C17H21ClN2/c1-2-3-13-4-8-15(9-5-13)17(20-19)12-14-6-10-16(18)11-7-14/h4-11,17,20H,2-3,12,19H2,1H3. The van der Waals surface area contributed by atoms with Gasteiger partial charge in [0.15, 0.2) is 0 Å². The molecule has 0 radical (unpaired) electrons. The Morgan fingerprint density at radius 1 is 1.00 bits per heavy atom. The fraction of sp³-hybridized carbons (Fsp3) is 0.294. The molecule has 2 aromatic carbocycles. The van der Waals surface area contributed by atoms with Crippen LogP contribution in [0.5, 0.6) is 0 Å². The van der Waals surface area contributed by atoms with Gasteiger partial charge in [-0.3, -0.25) is 11.3 Å². The quantitative estimate of drug-likeness (QED) is 0.622. The Labute approximate surface area is 125 Å². The average molecular weight is 289 g/mol. The molecule has 0 aliphatic heterocycles. The number of hydrogen-bond acceptors (Lipinski definition) is 2. The zero-order valence-corrected chi connectivity index (χ0v) is 12.5. The van der Waals surface area contributed by atoms with E-state index >= 15 is 0 Å². The van der Waals surface area contributed by atoms with E-state index in [9.17, 15) is 0 Å². The summed E-state index contributed by atoms with van der Waals surface area (Å²) in [6.07, 6.45) is 3.14. The molecule has 2 nitrogen and oxygen atoms in total. The molecule has 2 rings (SSSR count). The molecule has 0 amide bonds. The third-order valence-corrected chi connectivity index (χ3v) is 3.73. The fourth-order valence-corrected chi connectivity index (χ4v) is 2.46. The van der Waals surface area contributed by atoms with Gasteiger partial charge in [0.25, 0.3) is 0 Å². The predicted molar refractivity (Wildman–Crippen MR) is 85.7 cm³/mol. The van der Waals surface area contributed by atoms with Gasteiger partial charge in [-0.2, -0.15) is 0 Å². The molecule has 0 bridgehead atoms. The first-order valence-electron chi connectivity index (χ1n) is 7.02. The topological polar surface area (TPSA) is 38.0 Å². The van der Waals surface area contributed by atoms with Gasteiger partial charge >= 0.3 is 0 Å². The molecule has 0 saturated carbocycles. The first-order valence-corrected chi connectivity index (χ1v) is 7.40. The Morgan fingerprint density at radius 3 is 2.15 bits per heavy atom. The molecule has 0 aliphatic rings. The molecular weight excluding hydrogens is 268 g/mol. The lowest BCUT2D eigenvalue weighted by Gasteiger charge is -2.17. The summed E-state index contributed by atoms with van der Waals surface area (Å²) >= 11 is 5.91. The Balaban J connectivity index is 2.09. The summed E-state index contributed by atoms with van der Waals surface area (Å²) in [4.78, 5) is 0. The Kier molecular flexibility index (Phi) is 5.60. The number of nitrogens with one attached hydrogen (secondary N) is 1. The second kappa shape index (κ2) is 7.44. The minimum atomic E-state index is 0.117. The van der Waals surface area contributed by atoms with Crippen LogP contribution in [-0.4, -0.2) is 0 Å². The van der Waals surface area contributed by atoms with Gasteiger partial charge < -0.3 is 0 Å². The van der Waals surface area contributed by atoms with E-state index in [1.165, 1.54) is 23.1 Å². The van der Waals surface area contributed by atoms with Gasteiger partial charge in [0.2, 0.25) is 0 Å². The van der Waals surface area contributed by atoms with Gasteiger partial charge in [0.1, 0.15) is 0 Å². The Hall–Kier alpha value is -1.35. The highest BCUT2D eigenvalue weighted by molar-refractivity contribution is 6.30. The number of hydrogen-bond donors (Lipinski definition) is 2. The van der Waals surface area contributed by atoms with Crippen molar-refractivity contribution in [3.63, 3.8) is 0 Å². The number of hydrazine groups is 1. The van der Waals surface area contributed by atoms with Gasteiger partial charge in [-0.1, -0.05) is 61.3 Å². The molecule has 2 aromatic rings. The average Bonchev–Trinajstić information content (AvgIpc) is 2.48. The zero-order chi connectivity index (χ0) is 14.4. The molecule has 0 saturated heterocycles. The first-order chi connectivity index (χ1) is 9.72. The molecule has 0 aliphatic carbocycles. The minimum absolute atomic E-state index is 0.117. The van der Waals surface area contributed by atoms with Crippen molar-refractivity contribution in [1.82, 2.24) is 5.43 Å². The summed E-state index contributed by atoms with van der Waals surface area (Å²) in [6.45, 7) is 2.19. The van der Waals surface area contributed by atoms with E-state index in [0.29, 0.717) is 0 Å². The largest absolute Gasteiger partial charge is 0.271 e. The summed E-state index contributed by atoms with van der Waals surface area (Å²) in [6, 6.07) is 16.7. The smallest absolute Gasteiger partial charge is 0.0500 e. The van der Waals surface area contributed by atoms with Crippen LogP contribution in [0.3, 0.4) is 0 Å². The second-order valence-electron chi connectivity index (χ2n) is 5.04. The SMILES string of the molecule is CCCc1ccc(C(Cc2ccc(Cl)cc2)NN)cc1. The molecule has 20 heavy (non-hydrogen) atoms. The van der Waals surface area contributed by atoms with Crippen LogP contribution in [0.2, 0.25) is 5.02 Å². The van der Waals surface area contributed by atoms with Crippen LogP contribution in [0.25, 0.3) is 0 Å². The van der Waals surface area contributed by atoms with E-state index in [1.54, 1.807) is 0 Å². The highest BCUT2D eigenvalue weighted by Crippen LogP contribution is 2.20. The van der Waals surface area contributed by atoms with Crippen LogP contribution in [0.4, 0.5) is 0 Å². The molecule has 0 spiro atoms. The molecule has 0 fully saturated rings. The van der Waals surface area contributed by atoms with Crippen LogP contribution < -0.4 is 11.3 Å². The van der Waals surface area contributed by atoms with E-state index in [2.05, 4.69) is 36.6 Å². The Morgan fingerprint density at radius 2 is 1.60 bits per heavy atom. The molecule has 0 heterocycles. The normalized spacial score (nSPS) is 12.3. The van der Waals surface area contributed by atoms with Crippen molar-refractivity contribution in [2.24, 2.45) is 5.84 Å². The highest BCUT2D eigenvalue weighted by atomic mass is 35.5. The van der Waals surface area contributed by atoms with Crippen LogP contribution >= 0.6 is 11.6 Å². The van der Waals surface area contributed by atoms with E-state index in [-0.39, 0.29) is 6.04 Å². The molecule has 106 valence electrons. The van der Waals surface area contributed by atoms with Crippen molar-refractivity contribution in [3.8, 4) is 0 Å². The van der Waals surface area contributed by atoms with Gasteiger partial charge in [-0.25, -0.2) is 0 Å². The predicted octanol–water partition coefficient (Wildman–Crippen LogP) is 4.04. The van der Waals surface area contributed by atoms with E-state index in [1.807, 2.05) is 24.3 Å². The van der Waals surface area contributed by atoms with Crippen LogP contribution in [0.1, 0.15) is 36.1 Å². The van der Waals surface area contributed by atoms with Crippen LogP contribution in [-0.2, 0) is 12.8 Å². The van der Waals surface area contributed by atoms with E-state index in [4.69, 9.17) is 17.4 Å². The second-order valence-corrected chi connectivity index (χ2v) is 5.48. The summed E-state index contributed by atoms with van der Waals surface area (Å²) in [5.41, 5.74) is 6.70. The minimum Gasteiger partial charge on any atom is -0.271 e. The Bertz CT molecular complexity index is 520. The van der Waals surface area contributed by atoms with Crippen molar-refractivity contribution in [3.05, 3.63) is 70.2 Å². The van der Waals surface area contributed by atoms with Crippen LogP contribution in [0.15, 0.2) is 48.5 Å². The molecular formula is C17H21ClN2. The maximum atomic E-state index is 5.91. The zero-order valence-electron chi connectivity index (χ0n) is 11.8. The summed E-state index contributed by atoms with van der Waals surface area (Å²) in [5.74, 6) is 5.70. The van der Waals surface area contributed by atoms with Gasteiger partial charge in [-0.05, 0) is 41.7 Å². The van der Waals surface area contributed by atoms with Crippen molar-refractivity contribution in [1.29, 1.82) is 0 Å². The lowest BCUT2D eigenvalue weighted by molar-refractivity contribution is 0.552. The lowest BCUT2D eigenvalue weighted by atomic mass is 9.98. The van der Waals surface area contributed by atoms with Crippen molar-refractivity contribution in [2.75, 3.05) is 0 Å². The lowest BCUT2D eigenvalue weighted by Crippen LogP contribution is -2.29. The summed E-state index contributed by atoms with van der Waals surface area (Å²) in [7, 11) is 0. The monoisotopic (exact) mass is 288 g/mol. The van der Waals surface area contributed by atoms with Gasteiger partial charge in [-0.15, -0.1) is 0 Å². The van der Waals surface area contributed by atoms with Gasteiger partial charge in [0.05, 0.1) is 0 Å². The molecule has 1 atom stereocenters. The number of rotatable bonds is 6. The molecule has 0 aromatic heterocycles. The molecule has 3 heteroatoms. The fourth-order valence-electron chi connectivity index (χ4n) is 2.33. The van der Waals surface area contributed by atoms with Crippen molar-refractivity contribution in [2.45, 2.75) is 32.2 Å². The summed E-state index contributed by atoms with van der Waals surface area (Å²) < 4.78 is 0. The first kappa shape index (κ1) is 15.0. The van der Waals surface area contributed by atoms with Crippen molar-refractivity contribution < 1.29 is 0 Å². The van der Waals surface area contributed by atoms with Gasteiger partial charge in [0, 0.05) is 11.1 Å². The number of nitrogens with two attached hydrogens (primary N) is 1. The maximum absolute atomic E-state index is 5.91. The molecule has 1 unspecified atom stereocenters. The number of halogens is 1. The van der Waals surface area contributed by atoms with Crippen molar-refractivity contribution >= 4 is 11.6 Å². The van der Waals surface area contributed by atoms with E-state index in [0.717, 1.165) is 17.9 Å². The highest BCUT2D eigenvalue weighted by Gasteiger charge is 2.10. The third kappa shape index (κ3) is 4.07.